The Morgan fingerprint density at radius 1 is 0.781 bits per heavy atom. The van der Waals surface area contributed by atoms with Crippen molar-refractivity contribution < 1.29 is 28.5 Å². The molecule has 17 nitrogen and oxygen atoms in total. The Balaban J connectivity index is 0.744. The molecular weight excluding hydrogens is 965 g/mol. The van der Waals surface area contributed by atoms with E-state index in [0.29, 0.717) is 68.1 Å². The minimum atomic E-state index is -2.74. The highest BCUT2D eigenvalue weighted by molar-refractivity contribution is 7.70. The molecule has 7 heterocycles. The van der Waals surface area contributed by atoms with Crippen LogP contribution in [0.3, 0.4) is 0 Å². The molecule has 4 amide bonds. The molecule has 0 saturated carbocycles. The number of nitrogens with one attached hydrogen (secondary N) is 3. The van der Waals surface area contributed by atoms with Crippen LogP contribution in [-0.4, -0.2) is 125 Å². The fourth-order valence-corrected chi connectivity index (χ4v) is 12.7. The molecule has 0 spiro atoms. The van der Waals surface area contributed by atoms with E-state index in [0.717, 1.165) is 97.2 Å². The number of likely N-dealkylation sites (tertiary alicyclic amines) is 1. The maximum Gasteiger partial charge on any atom is 0.262 e. The number of amides is 4. The lowest BCUT2D eigenvalue weighted by atomic mass is 9.95. The number of anilines is 6. The normalized spacial score (nSPS) is 20.4. The molecule has 3 atom stereocenters. The molecule has 0 aliphatic carbocycles. The summed E-state index contributed by atoms with van der Waals surface area (Å²) in [5.74, 6) is 0.880. The van der Waals surface area contributed by atoms with Crippen LogP contribution in [0, 0.1) is 17.8 Å². The summed E-state index contributed by atoms with van der Waals surface area (Å²) in [5.41, 5.74) is 7.86. The number of carbonyl (C=O) groups is 4. The molecule has 11 rings (SSSR count). The van der Waals surface area contributed by atoms with Crippen LogP contribution >= 0.6 is 18.7 Å². The molecule has 3 N–H and O–H groups in total. The van der Waals surface area contributed by atoms with Crippen molar-refractivity contribution >= 4 is 82.2 Å². The fourth-order valence-electron chi connectivity index (χ4n) is 11.4. The van der Waals surface area contributed by atoms with Gasteiger partial charge in [-0.25, -0.2) is 4.98 Å². The molecule has 376 valence electrons. The number of carbonyl (C=O) groups excluding carboxylic acids is 4. The van der Waals surface area contributed by atoms with E-state index in [1.165, 1.54) is 0 Å². The first-order valence-electron chi connectivity index (χ1n) is 24.8. The van der Waals surface area contributed by atoms with Crippen LogP contribution < -0.4 is 35.8 Å². The topological polar surface area (TPSA) is 187 Å². The maximum absolute atomic E-state index is 13.7. The average molecular weight is 1020 g/mol. The van der Waals surface area contributed by atoms with Gasteiger partial charge in [-0.05, 0) is 97.9 Å². The van der Waals surface area contributed by atoms with Crippen molar-refractivity contribution in [3.8, 4) is 28.0 Å². The average Bonchev–Trinajstić information content (AvgIpc) is 4.15. The van der Waals surface area contributed by atoms with Gasteiger partial charge in [0, 0.05) is 99.4 Å². The Labute approximate surface area is 428 Å². The van der Waals surface area contributed by atoms with Gasteiger partial charge in [-0.15, -0.1) is 0 Å². The number of nitrogens with zero attached hydrogens (tertiary/aromatic N) is 8. The van der Waals surface area contributed by atoms with Crippen molar-refractivity contribution in [3.05, 3.63) is 114 Å². The van der Waals surface area contributed by atoms with Crippen molar-refractivity contribution in [2.45, 2.75) is 31.7 Å². The SMILES string of the molecule is COc1cc(N2CC3CN(CC4CCN(c5ccc6c(c5)C(=O)N(C5CCC(=O)NC5=O)C6=O)CC4)CC3C2)c(-c2cnn(C)c2)cc1Nc1ncc(Cl)c(Nc2ccc(-c3ccccc3)cc2P(C)(C)=O)n1. The Bertz CT molecular complexity index is 3210. The zero-order valence-electron chi connectivity index (χ0n) is 41.2. The standard InChI is InChI=1S/C54H57ClN11O6P/c1-62-27-35(24-57-62)40-22-44(59-54-56-25-42(55)50(61-54)58-43-13-10-34(20-48(43)73(3,4)71)33-8-6-5-7-9-33)47(72-2)23-46(40)65-30-36-28-63(29-37(36)31-65)26-32-16-18-64(19-17-32)38-11-12-39-41(21-38)53(70)66(52(39)69)45-14-15-49(67)60-51(45)68/h5-13,20-25,27,32,36-37,45H,14-19,26,28-31H2,1-4H3,(H,60,67,68)(H2,56,58,59,61). The van der Waals surface area contributed by atoms with Crippen LogP contribution in [-0.2, 0) is 21.2 Å². The summed E-state index contributed by atoms with van der Waals surface area (Å²) in [4.78, 5) is 68.8. The van der Waals surface area contributed by atoms with Gasteiger partial charge in [-0.3, -0.25) is 34.1 Å². The minimum Gasteiger partial charge on any atom is -0.494 e. The number of aromatic nitrogens is 4. The number of ether oxygens (including phenoxy) is 1. The number of halogens is 1. The van der Waals surface area contributed by atoms with Crippen molar-refractivity contribution in [2.24, 2.45) is 24.8 Å². The van der Waals surface area contributed by atoms with E-state index in [4.69, 9.17) is 21.3 Å². The summed E-state index contributed by atoms with van der Waals surface area (Å²) in [6, 6.07) is 24.4. The number of imide groups is 2. The van der Waals surface area contributed by atoms with Crippen molar-refractivity contribution in [3.63, 3.8) is 0 Å². The number of benzene rings is 4. The highest BCUT2D eigenvalue weighted by atomic mass is 35.5. The van der Waals surface area contributed by atoms with Crippen LogP contribution in [0.1, 0.15) is 46.4 Å². The zero-order valence-corrected chi connectivity index (χ0v) is 42.8. The number of rotatable bonds is 13. The summed E-state index contributed by atoms with van der Waals surface area (Å²) >= 11 is 6.71. The van der Waals surface area contributed by atoms with Crippen molar-refractivity contribution in [1.82, 2.24) is 34.9 Å². The number of methoxy groups -OCH3 is 1. The van der Waals surface area contributed by atoms with Gasteiger partial charge in [-0.1, -0.05) is 48.0 Å². The maximum atomic E-state index is 13.7. The van der Waals surface area contributed by atoms with Gasteiger partial charge in [0.15, 0.2) is 5.82 Å². The van der Waals surface area contributed by atoms with E-state index in [1.54, 1.807) is 43.5 Å². The van der Waals surface area contributed by atoms with Gasteiger partial charge in [0.2, 0.25) is 17.8 Å². The molecule has 0 bridgehead atoms. The molecular formula is C54H57ClN11O6P. The van der Waals surface area contributed by atoms with E-state index in [9.17, 15) is 23.7 Å². The molecule has 4 aromatic carbocycles. The summed E-state index contributed by atoms with van der Waals surface area (Å²) in [6.45, 7) is 10.1. The molecule has 2 aromatic heterocycles. The van der Waals surface area contributed by atoms with Gasteiger partial charge in [0.25, 0.3) is 11.8 Å². The molecule has 4 fully saturated rings. The van der Waals surface area contributed by atoms with E-state index in [1.807, 2.05) is 74.0 Å². The highest BCUT2D eigenvalue weighted by Gasteiger charge is 2.45. The Hall–Kier alpha value is -7.07. The van der Waals surface area contributed by atoms with Crippen molar-refractivity contribution in [2.75, 3.05) is 86.7 Å². The number of aryl methyl sites for hydroxylation is 1. The van der Waals surface area contributed by atoms with Crippen LogP contribution in [0.5, 0.6) is 5.75 Å². The molecule has 6 aromatic rings. The quantitative estimate of drug-likeness (QED) is 0.0757. The lowest BCUT2D eigenvalue weighted by Gasteiger charge is -2.35. The molecule has 4 saturated heterocycles. The van der Waals surface area contributed by atoms with E-state index in [-0.39, 0.29) is 12.8 Å². The van der Waals surface area contributed by atoms with E-state index in [2.05, 4.69) is 52.9 Å². The van der Waals surface area contributed by atoms with Gasteiger partial charge in [-0.2, -0.15) is 10.1 Å². The lowest BCUT2D eigenvalue weighted by Crippen LogP contribution is -2.54. The van der Waals surface area contributed by atoms with Crippen LogP contribution in [0.4, 0.5) is 34.5 Å². The lowest BCUT2D eigenvalue weighted by molar-refractivity contribution is -0.136. The minimum absolute atomic E-state index is 0.0865. The molecule has 5 aliphatic heterocycles. The van der Waals surface area contributed by atoms with E-state index >= 15 is 0 Å². The molecule has 73 heavy (non-hydrogen) atoms. The molecule has 3 unspecified atom stereocenters. The smallest absolute Gasteiger partial charge is 0.262 e. The third kappa shape index (κ3) is 9.57. The fraction of sp³-hybridized carbons (Fsp3) is 0.352. The third-order valence-corrected chi connectivity index (χ3v) is 16.9. The first-order chi connectivity index (χ1) is 35.2. The highest BCUT2D eigenvalue weighted by Crippen LogP contribution is 2.45. The van der Waals surface area contributed by atoms with Gasteiger partial charge in [0.05, 0.1) is 42.0 Å². The number of fused-ring (bicyclic) bond motifs is 2. The second-order valence-corrected chi connectivity index (χ2v) is 23.9. The number of piperidine rings is 2. The Kier molecular flexibility index (Phi) is 12.8. The van der Waals surface area contributed by atoms with Crippen LogP contribution in [0.15, 0.2) is 97.5 Å². The van der Waals surface area contributed by atoms with Gasteiger partial charge in [0.1, 0.15) is 24.0 Å². The van der Waals surface area contributed by atoms with E-state index < -0.39 is 36.8 Å². The summed E-state index contributed by atoms with van der Waals surface area (Å²) in [6.07, 6.45) is 7.69. The predicted octanol–water partition coefficient (Wildman–Crippen LogP) is 7.63. The third-order valence-electron chi connectivity index (χ3n) is 15.1. The summed E-state index contributed by atoms with van der Waals surface area (Å²) in [5, 5.41) is 14.6. The van der Waals surface area contributed by atoms with Crippen LogP contribution in [0.25, 0.3) is 22.3 Å². The second-order valence-electron chi connectivity index (χ2n) is 20.3. The Morgan fingerprint density at radius 2 is 1.53 bits per heavy atom. The van der Waals surface area contributed by atoms with Gasteiger partial charge < -0.3 is 34.6 Å². The predicted molar refractivity (Wildman–Crippen MR) is 283 cm³/mol. The van der Waals surface area contributed by atoms with Crippen LogP contribution in [0.2, 0.25) is 5.02 Å². The summed E-state index contributed by atoms with van der Waals surface area (Å²) in [7, 11) is 0.830. The number of hydrogen-bond donors (Lipinski definition) is 3. The van der Waals surface area contributed by atoms with Gasteiger partial charge >= 0.3 is 0 Å². The van der Waals surface area contributed by atoms with Crippen molar-refractivity contribution in [1.29, 1.82) is 0 Å². The number of hydrogen-bond acceptors (Lipinski definition) is 14. The summed E-state index contributed by atoms with van der Waals surface area (Å²) < 4.78 is 21.5. The second kappa shape index (κ2) is 19.4. The first kappa shape index (κ1) is 48.2. The first-order valence-corrected chi connectivity index (χ1v) is 27.8. The molecule has 5 aliphatic rings. The largest absolute Gasteiger partial charge is 0.494 e. The monoisotopic (exact) mass is 1020 g/mol. The Morgan fingerprint density at radius 3 is 2.23 bits per heavy atom. The molecule has 0 radical (unpaired) electrons. The zero-order chi connectivity index (χ0) is 50.7. The molecule has 19 heteroatoms.